The average Bonchev–Trinajstić information content (AvgIpc) is 2.79. The zero-order valence-electron chi connectivity index (χ0n) is 11.0. The van der Waals surface area contributed by atoms with Crippen LogP contribution in [0.25, 0.3) is 0 Å². The maximum absolute atomic E-state index is 11.4. The molecule has 2 rings (SSSR count). The second-order valence-electron chi connectivity index (χ2n) is 4.42. The first-order chi connectivity index (χ1) is 8.99. The number of pyridine rings is 1. The molecule has 0 spiro atoms. The highest BCUT2D eigenvalue weighted by molar-refractivity contribution is 7.07. The standard InChI is InChI=1S/C13H15N3O2S/c1-8-4-9(2)15-12(11(8)13(17)18)16(3)5-10-6-19-7-14-10/h4,6-7H,5H2,1-3H3,(H,17,18). The normalized spacial score (nSPS) is 10.5. The van der Waals surface area contributed by atoms with Gasteiger partial charge in [0, 0.05) is 18.1 Å². The van der Waals surface area contributed by atoms with Crippen LogP contribution < -0.4 is 4.90 Å². The van der Waals surface area contributed by atoms with E-state index in [4.69, 9.17) is 0 Å². The number of hydrogen-bond donors (Lipinski definition) is 1. The van der Waals surface area contributed by atoms with Crippen molar-refractivity contribution in [3.63, 3.8) is 0 Å². The minimum absolute atomic E-state index is 0.253. The van der Waals surface area contributed by atoms with Crippen LogP contribution in [0.5, 0.6) is 0 Å². The fourth-order valence-corrected chi connectivity index (χ4v) is 2.54. The highest BCUT2D eigenvalue weighted by atomic mass is 32.1. The van der Waals surface area contributed by atoms with E-state index in [0.29, 0.717) is 12.4 Å². The van der Waals surface area contributed by atoms with Crippen molar-refractivity contribution in [1.82, 2.24) is 9.97 Å². The number of hydrogen-bond acceptors (Lipinski definition) is 5. The summed E-state index contributed by atoms with van der Waals surface area (Å²) in [4.78, 5) is 21.8. The van der Waals surface area contributed by atoms with Crippen LogP contribution in [-0.4, -0.2) is 28.1 Å². The summed E-state index contributed by atoms with van der Waals surface area (Å²) in [5.74, 6) is -0.469. The average molecular weight is 277 g/mol. The molecule has 0 aliphatic heterocycles. The number of anilines is 1. The SMILES string of the molecule is Cc1cc(C)c(C(=O)O)c(N(C)Cc2cscn2)n1. The van der Waals surface area contributed by atoms with Gasteiger partial charge in [0.1, 0.15) is 11.4 Å². The Labute approximate surface area is 115 Å². The van der Waals surface area contributed by atoms with Gasteiger partial charge in [-0.3, -0.25) is 0 Å². The van der Waals surface area contributed by atoms with Crippen LogP contribution in [0.1, 0.15) is 27.3 Å². The molecule has 0 saturated heterocycles. The van der Waals surface area contributed by atoms with E-state index in [2.05, 4.69) is 9.97 Å². The van der Waals surface area contributed by atoms with Gasteiger partial charge in [0.05, 0.1) is 17.7 Å². The fourth-order valence-electron chi connectivity index (χ4n) is 1.99. The summed E-state index contributed by atoms with van der Waals surface area (Å²) in [7, 11) is 1.83. The maximum atomic E-state index is 11.4. The smallest absolute Gasteiger partial charge is 0.339 e. The first-order valence-electron chi connectivity index (χ1n) is 5.78. The van der Waals surface area contributed by atoms with Gasteiger partial charge < -0.3 is 10.0 Å². The summed E-state index contributed by atoms with van der Waals surface area (Å²) < 4.78 is 0. The predicted molar refractivity (Wildman–Crippen MR) is 74.9 cm³/mol. The van der Waals surface area contributed by atoms with Crippen molar-refractivity contribution in [2.24, 2.45) is 0 Å². The molecule has 0 aromatic carbocycles. The molecular formula is C13H15N3O2S. The molecule has 2 aromatic rings. The lowest BCUT2D eigenvalue weighted by Crippen LogP contribution is -2.22. The van der Waals surface area contributed by atoms with Gasteiger partial charge in [0.25, 0.3) is 0 Å². The number of carbonyl (C=O) groups is 1. The van der Waals surface area contributed by atoms with E-state index < -0.39 is 5.97 Å². The molecule has 5 nitrogen and oxygen atoms in total. The molecule has 2 heterocycles. The third kappa shape index (κ3) is 2.90. The number of thiazole rings is 1. The molecule has 0 atom stereocenters. The number of rotatable bonds is 4. The fraction of sp³-hybridized carbons (Fsp3) is 0.308. The summed E-state index contributed by atoms with van der Waals surface area (Å²) in [6, 6.07) is 1.78. The summed E-state index contributed by atoms with van der Waals surface area (Å²) >= 11 is 1.52. The van der Waals surface area contributed by atoms with Crippen LogP contribution in [0.4, 0.5) is 5.82 Å². The minimum atomic E-state index is -0.954. The molecular weight excluding hydrogens is 262 g/mol. The number of carboxylic acids is 1. The summed E-state index contributed by atoms with van der Waals surface area (Å²) in [6.45, 7) is 4.19. The Morgan fingerprint density at radius 2 is 2.21 bits per heavy atom. The van der Waals surface area contributed by atoms with E-state index in [0.717, 1.165) is 17.0 Å². The van der Waals surface area contributed by atoms with Crippen molar-refractivity contribution >= 4 is 23.1 Å². The Bertz CT molecular complexity index is 596. The number of nitrogens with zero attached hydrogens (tertiary/aromatic N) is 3. The minimum Gasteiger partial charge on any atom is -0.478 e. The van der Waals surface area contributed by atoms with E-state index in [1.165, 1.54) is 11.3 Å². The van der Waals surface area contributed by atoms with Crippen LogP contribution >= 0.6 is 11.3 Å². The molecule has 1 N–H and O–H groups in total. The number of aromatic nitrogens is 2. The van der Waals surface area contributed by atoms with E-state index in [1.54, 1.807) is 18.5 Å². The monoisotopic (exact) mass is 277 g/mol. The lowest BCUT2D eigenvalue weighted by Gasteiger charge is -2.20. The van der Waals surface area contributed by atoms with Crippen molar-refractivity contribution in [2.45, 2.75) is 20.4 Å². The third-order valence-corrected chi connectivity index (χ3v) is 3.42. The van der Waals surface area contributed by atoms with E-state index in [1.807, 2.05) is 24.3 Å². The van der Waals surface area contributed by atoms with E-state index >= 15 is 0 Å². The van der Waals surface area contributed by atoms with Crippen LogP contribution in [0.2, 0.25) is 0 Å². The number of aryl methyl sites for hydroxylation is 2. The Morgan fingerprint density at radius 1 is 1.47 bits per heavy atom. The highest BCUT2D eigenvalue weighted by Crippen LogP contribution is 2.23. The van der Waals surface area contributed by atoms with E-state index in [-0.39, 0.29) is 5.56 Å². The lowest BCUT2D eigenvalue weighted by molar-refractivity contribution is 0.0696. The molecule has 6 heteroatoms. The van der Waals surface area contributed by atoms with Crippen molar-refractivity contribution in [1.29, 1.82) is 0 Å². The Hall–Kier alpha value is -1.95. The van der Waals surface area contributed by atoms with Gasteiger partial charge >= 0.3 is 5.97 Å². The zero-order valence-corrected chi connectivity index (χ0v) is 11.9. The van der Waals surface area contributed by atoms with Gasteiger partial charge in [-0.25, -0.2) is 14.8 Å². The third-order valence-electron chi connectivity index (χ3n) is 2.78. The molecule has 100 valence electrons. The van der Waals surface area contributed by atoms with Gasteiger partial charge in [-0.15, -0.1) is 11.3 Å². The quantitative estimate of drug-likeness (QED) is 0.930. The van der Waals surface area contributed by atoms with Crippen molar-refractivity contribution in [3.8, 4) is 0 Å². The van der Waals surface area contributed by atoms with Gasteiger partial charge in [0.15, 0.2) is 0 Å². The van der Waals surface area contributed by atoms with E-state index in [9.17, 15) is 9.90 Å². The van der Waals surface area contributed by atoms with Gasteiger partial charge in [-0.05, 0) is 25.5 Å². The largest absolute Gasteiger partial charge is 0.478 e. The topological polar surface area (TPSA) is 66.3 Å². The van der Waals surface area contributed by atoms with Crippen molar-refractivity contribution in [2.75, 3.05) is 11.9 Å². The molecule has 0 unspecified atom stereocenters. The predicted octanol–water partition coefficient (Wildman–Crippen LogP) is 2.49. The van der Waals surface area contributed by atoms with Crippen molar-refractivity contribution in [3.05, 3.63) is 39.5 Å². The molecule has 0 bridgehead atoms. The molecule has 0 fully saturated rings. The lowest BCUT2D eigenvalue weighted by atomic mass is 10.1. The molecule has 0 amide bonds. The second-order valence-corrected chi connectivity index (χ2v) is 5.14. The Balaban J connectivity index is 2.40. The highest BCUT2D eigenvalue weighted by Gasteiger charge is 2.19. The summed E-state index contributed by atoms with van der Waals surface area (Å²) in [5.41, 5.74) is 4.45. The first-order valence-corrected chi connectivity index (χ1v) is 6.73. The zero-order chi connectivity index (χ0) is 14.0. The van der Waals surface area contributed by atoms with Crippen LogP contribution in [-0.2, 0) is 6.54 Å². The van der Waals surface area contributed by atoms with Crippen LogP contribution in [0, 0.1) is 13.8 Å². The van der Waals surface area contributed by atoms with Gasteiger partial charge in [0.2, 0.25) is 0 Å². The Kier molecular flexibility index (Phi) is 3.80. The first kappa shape index (κ1) is 13.5. The molecule has 0 saturated carbocycles. The van der Waals surface area contributed by atoms with Gasteiger partial charge in [-0.1, -0.05) is 0 Å². The maximum Gasteiger partial charge on any atom is 0.339 e. The number of carboxylic acid groups (broad SMARTS) is 1. The summed E-state index contributed by atoms with van der Waals surface area (Å²) in [5, 5.41) is 11.3. The molecule has 0 aliphatic carbocycles. The van der Waals surface area contributed by atoms with Crippen molar-refractivity contribution < 1.29 is 9.90 Å². The molecule has 19 heavy (non-hydrogen) atoms. The molecule has 2 aromatic heterocycles. The van der Waals surface area contributed by atoms with Crippen LogP contribution in [0.15, 0.2) is 17.0 Å². The van der Waals surface area contributed by atoms with Gasteiger partial charge in [-0.2, -0.15) is 0 Å². The summed E-state index contributed by atoms with van der Waals surface area (Å²) in [6.07, 6.45) is 0. The van der Waals surface area contributed by atoms with Crippen LogP contribution in [0.3, 0.4) is 0 Å². The second kappa shape index (κ2) is 5.36. The molecule has 0 radical (unpaired) electrons. The Morgan fingerprint density at radius 3 is 2.79 bits per heavy atom. The number of aromatic carboxylic acids is 1. The molecule has 0 aliphatic rings.